The van der Waals surface area contributed by atoms with E-state index in [2.05, 4.69) is 27.0 Å². The van der Waals surface area contributed by atoms with E-state index in [4.69, 9.17) is 0 Å². The molecule has 0 amide bonds. The lowest BCUT2D eigenvalue weighted by molar-refractivity contribution is 0.550. The maximum absolute atomic E-state index is 4.16. The second-order valence-electron chi connectivity index (χ2n) is 5.69. The third-order valence-corrected chi connectivity index (χ3v) is 4.38. The Kier molecular flexibility index (Phi) is 12.0. The molecule has 0 aliphatic rings. The van der Waals surface area contributed by atoms with Gasteiger partial charge in [0.05, 0.1) is 0 Å². The summed E-state index contributed by atoms with van der Waals surface area (Å²) in [7, 11) is 0. The molecular formula is C18H30BrN. The number of unbranched alkanes of at least 4 members (excludes halogenated alkanes) is 10. The average molecular weight is 340 g/mol. The fraction of sp³-hybridized carbons (Fsp3) is 0.722. The van der Waals surface area contributed by atoms with E-state index in [0.717, 1.165) is 0 Å². The lowest BCUT2D eigenvalue weighted by Crippen LogP contribution is -1.87. The van der Waals surface area contributed by atoms with Crippen molar-refractivity contribution >= 4 is 15.9 Å². The van der Waals surface area contributed by atoms with Crippen LogP contribution in [0.15, 0.2) is 24.5 Å². The van der Waals surface area contributed by atoms with Gasteiger partial charge in [-0.05, 0) is 30.9 Å². The van der Waals surface area contributed by atoms with Crippen LogP contribution in [-0.4, -0.2) is 10.3 Å². The first-order chi connectivity index (χ1) is 9.93. The van der Waals surface area contributed by atoms with Crippen LogP contribution in [0.4, 0.5) is 0 Å². The Morgan fingerprint density at radius 3 is 1.80 bits per heavy atom. The van der Waals surface area contributed by atoms with E-state index < -0.39 is 0 Å². The van der Waals surface area contributed by atoms with Gasteiger partial charge in [0.25, 0.3) is 0 Å². The summed E-state index contributed by atoms with van der Waals surface area (Å²) >= 11 is 3.48. The quantitative estimate of drug-likeness (QED) is 0.303. The number of rotatable bonds is 13. The van der Waals surface area contributed by atoms with Crippen molar-refractivity contribution in [3.8, 4) is 0 Å². The molecular weight excluding hydrogens is 310 g/mol. The van der Waals surface area contributed by atoms with Crippen molar-refractivity contribution in [1.29, 1.82) is 0 Å². The molecule has 0 aliphatic heterocycles. The molecule has 0 fully saturated rings. The molecule has 0 radical (unpaired) electrons. The number of pyridine rings is 1. The van der Waals surface area contributed by atoms with Crippen molar-refractivity contribution in [1.82, 2.24) is 4.98 Å². The maximum atomic E-state index is 4.16. The van der Waals surface area contributed by atoms with Gasteiger partial charge in [0.1, 0.15) is 0 Å². The monoisotopic (exact) mass is 339 g/mol. The minimum Gasteiger partial charge on any atom is -0.264 e. The van der Waals surface area contributed by atoms with Gasteiger partial charge in [-0.15, -0.1) is 0 Å². The van der Waals surface area contributed by atoms with Gasteiger partial charge in [-0.2, -0.15) is 0 Å². The minimum absolute atomic E-state index is 1.17. The molecule has 0 N–H and O–H groups in total. The Hall–Kier alpha value is -0.370. The summed E-state index contributed by atoms with van der Waals surface area (Å²) in [6, 6.07) is 4.22. The molecule has 0 saturated carbocycles. The number of alkyl halides is 1. The first-order valence-electron chi connectivity index (χ1n) is 8.38. The normalized spacial score (nSPS) is 10.8. The molecule has 2 heteroatoms. The molecule has 114 valence electrons. The zero-order chi connectivity index (χ0) is 14.3. The summed E-state index contributed by atoms with van der Waals surface area (Å²) in [6.45, 7) is 0. The Bertz CT molecular complexity index is 300. The third kappa shape index (κ3) is 10.4. The van der Waals surface area contributed by atoms with Gasteiger partial charge in [-0.25, -0.2) is 0 Å². The van der Waals surface area contributed by atoms with Crippen molar-refractivity contribution in [2.75, 3.05) is 5.33 Å². The van der Waals surface area contributed by atoms with Gasteiger partial charge >= 0.3 is 0 Å². The van der Waals surface area contributed by atoms with Crippen LogP contribution in [0.25, 0.3) is 0 Å². The summed E-state index contributed by atoms with van der Waals surface area (Å²) in [5, 5.41) is 1.17. The van der Waals surface area contributed by atoms with Gasteiger partial charge in [0, 0.05) is 17.7 Å². The van der Waals surface area contributed by atoms with Crippen molar-refractivity contribution in [2.24, 2.45) is 0 Å². The first-order valence-corrected chi connectivity index (χ1v) is 9.50. The number of hydrogen-bond acceptors (Lipinski definition) is 1. The molecule has 1 aromatic rings. The van der Waals surface area contributed by atoms with E-state index in [-0.39, 0.29) is 0 Å². The van der Waals surface area contributed by atoms with E-state index in [0.29, 0.717) is 0 Å². The molecule has 20 heavy (non-hydrogen) atoms. The second-order valence-corrected chi connectivity index (χ2v) is 6.48. The van der Waals surface area contributed by atoms with Crippen LogP contribution >= 0.6 is 15.9 Å². The average Bonchev–Trinajstić information content (AvgIpc) is 2.49. The summed E-state index contributed by atoms with van der Waals surface area (Å²) in [5.74, 6) is 0. The topological polar surface area (TPSA) is 12.9 Å². The van der Waals surface area contributed by atoms with Crippen LogP contribution in [0.1, 0.15) is 76.2 Å². The summed E-state index contributed by atoms with van der Waals surface area (Å²) in [5.41, 5.74) is 1.39. The van der Waals surface area contributed by atoms with Crippen LogP contribution in [0, 0.1) is 0 Å². The third-order valence-electron chi connectivity index (χ3n) is 3.82. The van der Waals surface area contributed by atoms with Crippen molar-refractivity contribution in [2.45, 2.75) is 77.0 Å². The van der Waals surface area contributed by atoms with Crippen LogP contribution in [-0.2, 0) is 6.42 Å². The van der Waals surface area contributed by atoms with Crippen molar-refractivity contribution in [3.05, 3.63) is 30.1 Å². The van der Waals surface area contributed by atoms with E-state index in [1.54, 1.807) is 0 Å². The van der Waals surface area contributed by atoms with Gasteiger partial charge in [0.15, 0.2) is 0 Å². The van der Waals surface area contributed by atoms with Crippen LogP contribution in [0.5, 0.6) is 0 Å². The largest absolute Gasteiger partial charge is 0.264 e. The van der Waals surface area contributed by atoms with Crippen molar-refractivity contribution < 1.29 is 0 Å². The highest BCUT2D eigenvalue weighted by molar-refractivity contribution is 9.09. The number of hydrogen-bond donors (Lipinski definition) is 0. The molecule has 1 nitrogen and oxygen atoms in total. The van der Waals surface area contributed by atoms with Gasteiger partial charge < -0.3 is 0 Å². The molecule has 1 rings (SSSR count). The number of aromatic nitrogens is 1. The fourth-order valence-electron chi connectivity index (χ4n) is 2.56. The lowest BCUT2D eigenvalue weighted by Gasteiger charge is -2.03. The highest BCUT2D eigenvalue weighted by Gasteiger charge is 1.95. The predicted octanol–water partition coefficient (Wildman–Crippen LogP) is 6.31. The Labute approximate surface area is 133 Å². The number of aryl methyl sites for hydroxylation is 1. The number of nitrogens with zero attached hydrogens (tertiary/aromatic N) is 1. The molecule has 0 unspecified atom stereocenters. The minimum atomic E-state index is 1.17. The van der Waals surface area contributed by atoms with Gasteiger partial charge in [-0.3, -0.25) is 4.98 Å². The summed E-state index contributed by atoms with van der Waals surface area (Å²) in [6.07, 6.45) is 20.5. The molecule has 0 aliphatic carbocycles. The van der Waals surface area contributed by atoms with Crippen LogP contribution < -0.4 is 0 Å². The molecule has 0 aromatic carbocycles. The fourth-order valence-corrected chi connectivity index (χ4v) is 2.96. The van der Waals surface area contributed by atoms with Gasteiger partial charge in [-0.1, -0.05) is 79.8 Å². The molecule has 0 spiro atoms. The maximum Gasteiger partial charge on any atom is 0.0299 e. The summed E-state index contributed by atoms with van der Waals surface area (Å²) < 4.78 is 0. The molecule has 1 aromatic heterocycles. The lowest BCUT2D eigenvalue weighted by atomic mass is 10.0. The van der Waals surface area contributed by atoms with Gasteiger partial charge in [0.2, 0.25) is 0 Å². The highest BCUT2D eigenvalue weighted by Crippen LogP contribution is 2.12. The van der Waals surface area contributed by atoms with Crippen molar-refractivity contribution in [3.63, 3.8) is 0 Å². The molecule has 0 atom stereocenters. The first kappa shape index (κ1) is 17.7. The number of halogens is 1. The second kappa shape index (κ2) is 13.6. The zero-order valence-corrected chi connectivity index (χ0v) is 14.4. The van der Waals surface area contributed by atoms with E-state index in [1.165, 1.54) is 87.9 Å². The molecule has 1 heterocycles. The SMILES string of the molecule is BrCCCCCCCCCCCCCc1cccnc1. The highest BCUT2D eigenvalue weighted by atomic mass is 79.9. The van der Waals surface area contributed by atoms with Crippen LogP contribution in [0.2, 0.25) is 0 Å². The van der Waals surface area contributed by atoms with Crippen LogP contribution in [0.3, 0.4) is 0 Å². The van der Waals surface area contributed by atoms with E-state index in [9.17, 15) is 0 Å². The Morgan fingerprint density at radius 2 is 1.30 bits per heavy atom. The Balaban J connectivity index is 1.77. The van der Waals surface area contributed by atoms with E-state index >= 15 is 0 Å². The molecule has 0 saturated heterocycles. The van der Waals surface area contributed by atoms with E-state index in [1.807, 2.05) is 18.5 Å². The predicted molar refractivity (Wildman–Crippen MR) is 92.5 cm³/mol. The molecule has 0 bridgehead atoms. The smallest absolute Gasteiger partial charge is 0.0299 e. The standard InChI is InChI=1S/C18H30BrN/c19-15-11-9-7-5-3-1-2-4-6-8-10-13-18-14-12-16-20-17-18/h12,14,16-17H,1-11,13,15H2. The Morgan fingerprint density at radius 1 is 0.750 bits per heavy atom. The zero-order valence-electron chi connectivity index (χ0n) is 12.8. The summed E-state index contributed by atoms with van der Waals surface area (Å²) in [4.78, 5) is 4.16.